The first-order valence-electron chi connectivity index (χ1n) is 3.82. The quantitative estimate of drug-likeness (QED) is 0.622. The van der Waals surface area contributed by atoms with Crippen LogP contribution in [0.4, 0.5) is 0 Å². The van der Waals surface area contributed by atoms with Gasteiger partial charge in [-0.05, 0) is 17.5 Å². The molecule has 0 rings (SSSR count). The molecule has 1 N–H and O–H groups in total. The number of allylic oxidation sites excluding steroid dienone is 1. The maximum Gasteiger partial charge on any atom is 0.00276 e. The van der Waals surface area contributed by atoms with E-state index in [9.17, 15) is 0 Å². The molecule has 0 radical (unpaired) electrons. The van der Waals surface area contributed by atoms with Crippen molar-refractivity contribution in [2.45, 2.75) is 27.7 Å². The first-order chi connectivity index (χ1) is 4.48. The number of nitrogens with one attached hydrogen (secondary N) is 1. The van der Waals surface area contributed by atoms with Gasteiger partial charge in [0.15, 0.2) is 0 Å². The van der Waals surface area contributed by atoms with Gasteiger partial charge in [-0.1, -0.05) is 33.8 Å². The second-order valence-electron chi connectivity index (χ2n) is 3.80. The highest BCUT2D eigenvalue weighted by Crippen LogP contribution is 2.25. The SMILES string of the molecule is CN/C=C\C(C)C(C)(C)C. The Morgan fingerprint density at radius 2 is 1.80 bits per heavy atom. The van der Waals surface area contributed by atoms with Crippen LogP contribution in [0.25, 0.3) is 0 Å². The van der Waals surface area contributed by atoms with Crippen LogP contribution in [-0.4, -0.2) is 7.05 Å². The minimum Gasteiger partial charge on any atom is -0.394 e. The average molecular weight is 141 g/mol. The molecule has 0 heterocycles. The van der Waals surface area contributed by atoms with Crippen molar-refractivity contribution in [2.75, 3.05) is 7.05 Å². The van der Waals surface area contributed by atoms with Crippen LogP contribution in [0.2, 0.25) is 0 Å². The Bertz CT molecular complexity index is 108. The summed E-state index contributed by atoms with van der Waals surface area (Å²) < 4.78 is 0. The molecular weight excluding hydrogens is 122 g/mol. The van der Waals surface area contributed by atoms with Gasteiger partial charge in [-0.2, -0.15) is 0 Å². The van der Waals surface area contributed by atoms with Crippen LogP contribution in [0.3, 0.4) is 0 Å². The van der Waals surface area contributed by atoms with Gasteiger partial charge in [0.25, 0.3) is 0 Å². The van der Waals surface area contributed by atoms with Gasteiger partial charge in [0.2, 0.25) is 0 Å². The van der Waals surface area contributed by atoms with Gasteiger partial charge >= 0.3 is 0 Å². The molecule has 0 saturated carbocycles. The largest absolute Gasteiger partial charge is 0.394 e. The van der Waals surface area contributed by atoms with Crippen LogP contribution in [0.1, 0.15) is 27.7 Å². The molecule has 1 atom stereocenters. The van der Waals surface area contributed by atoms with E-state index in [1.54, 1.807) is 0 Å². The molecule has 1 heteroatoms. The van der Waals surface area contributed by atoms with Crippen molar-refractivity contribution in [2.24, 2.45) is 11.3 Å². The van der Waals surface area contributed by atoms with Crippen molar-refractivity contribution in [3.8, 4) is 0 Å². The van der Waals surface area contributed by atoms with Crippen molar-refractivity contribution >= 4 is 0 Å². The second-order valence-corrected chi connectivity index (χ2v) is 3.80. The molecule has 10 heavy (non-hydrogen) atoms. The van der Waals surface area contributed by atoms with Gasteiger partial charge < -0.3 is 5.32 Å². The molecule has 1 unspecified atom stereocenters. The Morgan fingerprint density at radius 3 is 2.10 bits per heavy atom. The maximum absolute atomic E-state index is 2.99. The molecule has 0 aliphatic carbocycles. The summed E-state index contributed by atoms with van der Waals surface area (Å²) >= 11 is 0. The van der Waals surface area contributed by atoms with Crippen molar-refractivity contribution in [3.63, 3.8) is 0 Å². The third kappa shape index (κ3) is 3.54. The van der Waals surface area contributed by atoms with Crippen LogP contribution in [0, 0.1) is 11.3 Å². The Balaban J connectivity index is 3.84. The van der Waals surface area contributed by atoms with Crippen LogP contribution < -0.4 is 5.32 Å². The minimum absolute atomic E-state index is 0.382. The van der Waals surface area contributed by atoms with Crippen LogP contribution in [0.15, 0.2) is 12.3 Å². The lowest BCUT2D eigenvalue weighted by Crippen LogP contribution is -2.15. The molecule has 60 valence electrons. The van der Waals surface area contributed by atoms with E-state index in [0.717, 1.165) is 0 Å². The lowest BCUT2D eigenvalue weighted by Gasteiger charge is -2.23. The molecule has 0 amide bonds. The molecule has 1 nitrogen and oxygen atoms in total. The first kappa shape index (κ1) is 9.54. The molecule has 0 aliphatic rings. The van der Waals surface area contributed by atoms with Gasteiger partial charge in [-0.3, -0.25) is 0 Å². The summed E-state index contributed by atoms with van der Waals surface area (Å²) in [5.41, 5.74) is 0.382. The minimum atomic E-state index is 0.382. The lowest BCUT2D eigenvalue weighted by atomic mass is 9.82. The second kappa shape index (κ2) is 3.65. The molecule has 0 aromatic carbocycles. The molecule has 0 aromatic heterocycles. The smallest absolute Gasteiger partial charge is 0.00276 e. The van der Waals surface area contributed by atoms with E-state index in [0.29, 0.717) is 11.3 Å². The Morgan fingerprint density at radius 1 is 1.30 bits per heavy atom. The molecule has 0 fully saturated rings. The van der Waals surface area contributed by atoms with Gasteiger partial charge in [0.1, 0.15) is 0 Å². The summed E-state index contributed by atoms with van der Waals surface area (Å²) in [6.45, 7) is 8.97. The number of hydrogen-bond acceptors (Lipinski definition) is 1. The van der Waals surface area contributed by atoms with E-state index in [4.69, 9.17) is 0 Å². The summed E-state index contributed by atoms with van der Waals surface area (Å²) in [5, 5.41) is 2.99. The van der Waals surface area contributed by atoms with E-state index >= 15 is 0 Å². The standard InChI is InChI=1S/C9H19N/c1-8(6-7-10-5)9(2,3)4/h6-8,10H,1-5H3/b7-6-. The Labute approximate surface area is 64.5 Å². The highest BCUT2D eigenvalue weighted by molar-refractivity contribution is 4.89. The molecule has 0 spiro atoms. The molecular formula is C9H19N. The van der Waals surface area contributed by atoms with Crippen molar-refractivity contribution in [3.05, 3.63) is 12.3 Å². The maximum atomic E-state index is 2.99. The van der Waals surface area contributed by atoms with E-state index in [1.165, 1.54) is 0 Å². The van der Waals surface area contributed by atoms with Gasteiger partial charge in [-0.25, -0.2) is 0 Å². The van der Waals surface area contributed by atoms with Crippen molar-refractivity contribution in [1.82, 2.24) is 5.32 Å². The predicted molar refractivity (Wildman–Crippen MR) is 46.8 cm³/mol. The summed E-state index contributed by atoms with van der Waals surface area (Å²) in [6, 6.07) is 0. The topological polar surface area (TPSA) is 12.0 Å². The Kier molecular flexibility index (Phi) is 3.48. The number of hydrogen-bond donors (Lipinski definition) is 1. The first-order valence-corrected chi connectivity index (χ1v) is 3.82. The fraction of sp³-hybridized carbons (Fsp3) is 0.778. The van der Waals surface area contributed by atoms with E-state index < -0.39 is 0 Å². The van der Waals surface area contributed by atoms with Crippen LogP contribution in [-0.2, 0) is 0 Å². The highest BCUT2D eigenvalue weighted by Gasteiger charge is 2.16. The zero-order chi connectivity index (χ0) is 8.20. The summed E-state index contributed by atoms with van der Waals surface area (Å²) in [7, 11) is 1.92. The third-order valence-electron chi connectivity index (χ3n) is 1.92. The molecule has 0 aliphatic heterocycles. The molecule has 0 bridgehead atoms. The van der Waals surface area contributed by atoms with Crippen LogP contribution >= 0.6 is 0 Å². The van der Waals surface area contributed by atoms with Gasteiger partial charge in [0.05, 0.1) is 0 Å². The zero-order valence-electron chi connectivity index (χ0n) is 7.73. The summed E-state index contributed by atoms with van der Waals surface area (Å²) in [4.78, 5) is 0. The fourth-order valence-electron chi connectivity index (χ4n) is 0.529. The van der Waals surface area contributed by atoms with Crippen molar-refractivity contribution < 1.29 is 0 Å². The molecule has 0 saturated heterocycles. The van der Waals surface area contributed by atoms with E-state index in [2.05, 4.69) is 39.1 Å². The van der Waals surface area contributed by atoms with Gasteiger partial charge in [-0.15, -0.1) is 0 Å². The lowest BCUT2D eigenvalue weighted by molar-refractivity contribution is 0.314. The number of rotatable bonds is 2. The third-order valence-corrected chi connectivity index (χ3v) is 1.92. The van der Waals surface area contributed by atoms with Gasteiger partial charge in [0, 0.05) is 7.05 Å². The Hall–Kier alpha value is -0.460. The molecule has 0 aromatic rings. The monoisotopic (exact) mass is 141 g/mol. The van der Waals surface area contributed by atoms with E-state index in [-0.39, 0.29) is 0 Å². The predicted octanol–water partition coefficient (Wildman–Crippen LogP) is 2.40. The van der Waals surface area contributed by atoms with E-state index in [1.807, 2.05) is 13.2 Å². The normalized spacial score (nSPS) is 15.7. The van der Waals surface area contributed by atoms with Crippen LogP contribution in [0.5, 0.6) is 0 Å². The zero-order valence-corrected chi connectivity index (χ0v) is 7.73. The summed E-state index contributed by atoms with van der Waals surface area (Å²) in [6.07, 6.45) is 4.19. The summed E-state index contributed by atoms with van der Waals surface area (Å²) in [5.74, 6) is 0.625. The average Bonchev–Trinajstić information content (AvgIpc) is 1.80. The fourth-order valence-corrected chi connectivity index (χ4v) is 0.529. The van der Waals surface area contributed by atoms with Crippen molar-refractivity contribution in [1.29, 1.82) is 0 Å². The highest BCUT2D eigenvalue weighted by atomic mass is 14.8.